The summed E-state index contributed by atoms with van der Waals surface area (Å²) in [6, 6.07) is 10.2. The van der Waals surface area contributed by atoms with Gasteiger partial charge in [0.1, 0.15) is 6.61 Å². The Morgan fingerprint density at radius 3 is 2.80 bits per heavy atom. The summed E-state index contributed by atoms with van der Waals surface area (Å²) in [6.45, 7) is 3.05. The largest absolute Gasteiger partial charge is 1.00 e. The Bertz CT molecular complexity index is 690. The number of carboxylic acids is 1. The average Bonchev–Trinajstić information content (AvgIpc) is 2.95. The predicted molar refractivity (Wildman–Crippen MR) is 95.8 cm³/mol. The van der Waals surface area contributed by atoms with E-state index in [-0.39, 0.29) is 35.3 Å². The van der Waals surface area contributed by atoms with Crippen LogP contribution in [0.25, 0.3) is 0 Å². The van der Waals surface area contributed by atoms with E-state index in [1.54, 1.807) is 0 Å². The van der Waals surface area contributed by atoms with Crippen molar-refractivity contribution < 1.29 is 44.2 Å². The Morgan fingerprint density at radius 1 is 1.32 bits per heavy atom. The molecule has 1 aliphatic heterocycles. The van der Waals surface area contributed by atoms with E-state index < -0.39 is 5.97 Å². The number of allylic oxidation sites excluding steroid dienone is 1. The molecule has 6 heteroatoms. The minimum atomic E-state index is -1.06. The van der Waals surface area contributed by atoms with E-state index in [9.17, 15) is 9.90 Å². The molecule has 0 N–H and O–H groups in total. The molecule has 1 aromatic carbocycles. The molecule has 0 radical (unpaired) electrons. The number of rotatable bonds is 8. The number of aliphatic carboxylic acids is 1. The maximum atomic E-state index is 10.2. The molecule has 0 aromatic heterocycles. The fourth-order valence-corrected chi connectivity index (χ4v) is 2.77. The summed E-state index contributed by atoms with van der Waals surface area (Å²) in [7, 11) is 0. The molecule has 0 saturated heterocycles. The normalized spacial score (nSPS) is 12.9. The summed E-state index contributed by atoms with van der Waals surface area (Å²) in [5, 5.41) is 10.2. The van der Waals surface area contributed by atoms with Crippen LogP contribution in [0.2, 0.25) is 0 Å². The number of carboxylic acid groups (broad SMARTS) is 1. The molecule has 25 heavy (non-hydrogen) atoms. The summed E-state index contributed by atoms with van der Waals surface area (Å²) in [5.74, 6) is 5.13. The predicted octanol–water partition coefficient (Wildman–Crippen LogP) is -0.949. The summed E-state index contributed by atoms with van der Waals surface area (Å²) in [6.07, 6.45) is 1.68. The van der Waals surface area contributed by atoms with Gasteiger partial charge in [-0.05, 0) is 18.1 Å². The van der Waals surface area contributed by atoms with Crippen LogP contribution in [0.15, 0.2) is 46.6 Å². The van der Waals surface area contributed by atoms with Crippen LogP contribution < -0.4 is 34.7 Å². The molecular weight excluding hydrogens is 345 g/mol. The zero-order valence-electron chi connectivity index (χ0n) is 14.7. The van der Waals surface area contributed by atoms with Crippen molar-refractivity contribution in [3.8, 4) is 11.8 Å². The zero-order valence-corrected chi connectivity index (χ0v) is 17.5. The molecule has 1 aromatic rings. The van der Waals surface area contributed by atoms with Crippen LogP contribution in [0, 0.1) is 11.8 Å². The third-order valence-corrected chi connectivity index (χ3v) is 4.27. The minimum Gasteiger partial charge on any atom is -0.549 e. The first-order valence-electron chi connectivity index (χ1n) is 7.79. The number of nitrogens with zero attached hydrogens (tertiary/aromatic N) is 1. The fourth-order valence-electron chi connectivity index (χ4n) is 2.30. The van der Waals surface area contributed by atoms with Gasteiger partial charge in [0.05, 0.1) is 24.0 Å². The van der Waals surface area contributed by atoms with Crippen LogP contribution in [-0.4, -0.2) is 36.4 Å². The van der Waals surface area contributed by atoms with Gasteiger partial charge < -0.3 is 14.6 Å². The average molecular weight is 365 g/mol. The second kappa shape index (κ2) is 12.3. The maximum absolute atomic E-state index is 10.2. The number of hydrogen-bond acceptors (Lipinski definition) is 5. The number of carbonyl (C=O) groups excluding carboxylic acids is 1. The molecule has 0 spiro atoms. The van der Waals surface area contributed by atoms with E-state index >= 15 is 0 Å². The van der Waals surface area contributed by atoms with E-state index in [0.717, 1.165) is 24.3 Å². The van der Waals surface area contributed by atoms with Crippen molar-refractivity contribution in [3.05, 3.63) is 47.2 Å². The van der Waals surface area contributed by atoms with Gasteiger partial charge in [0.25, 0.3) is 0 Å². The van der Waals surface area contributed by atoms with Crippen molar-refractivity contribution in [2.75, 3.05) is 24.7 Å². The second-order valence-corrected chi connectivity index (χ2v) is 6.33. The smallest absolute Gasteiger partial charge is 0.549 e. The molecule has 0 unspecified atom stereocenters. The van der Waals surface area contributed by atoms with Gasteiger partial charge in [-0.1, -0.05) is 42.2 Å². The monoisotopic (exact) mass is 365 g/mol. The Kier molecular flexibility index (Phi) is 10.9. The molecule has 126 valence electrons. The summed E-state index contributed by atoms with van der Waals surface area (Å²) >= 11 is 1.23. The van der Waals surface area contributed by atoms with Crippen LogP contribution >= 0.6 is 11.8 Å². The zero-order chi connectivity index (χ0) is 17.2. The minimum absolute atomic E-state index is 0. The topological polar surface area (TPSA) is 61.7 Å². The van der Waals surface area contributed by atoms with E-state index in [0.29, 0.717) is 19.0 Å². The number of thioether (sulfide) groups is 1. The summed E-state index contributed by atoms with van der Waals surface area (Å²) in [4.78, 5) is 14.9. The van der Waals surface area contributed by atoms with Gasteiger partial charge in [-0.3, -0.25) is 4.99 Å². The van der Waals surface area contributed by atoms with E-state index in [2.05, 4.69) is 30.9 Å². The molecule has 0 atom stereocenters. The van der Waals surface area contributed by atoms with E-state index in [1.165, 1.54) is 22.9 Å². The van der Waals surface area contributed by atoms with Crippen LogP contribution in [0.5, 0.6) is 0 Å². The maximum Gasteiger partial charge on any atom is 1.00 e. The van der Waals surface area contributed by atoms with Crippen molar-refractivity contribution in [2.24, 2.45) is 4.99 Å². The van der Waals surface area contributed by atoms with E-state index in [4.69, 9.17) is 9.73 Å². The van der Waals surface area contributed by atoms with Gasteiger partial charge in [-0.2, -0.15) is 0 Å². The molecule has 0 fully saturated rings. The van der Waals surface area contributed by atoms with Gasteiger partial charge in [0.15, 0.2) is 0 Å². The Hall–Kier alpha value is -1.03. The van der Waals surface area contributed by atoms with Gasteiger partial charge in [-0.15, -0.1) is 11.8 Å². The summed E-state index contributed by atoms with van der Waals surface area (Å²) < 4.78 is 5.50. The SMILES string of the molecule is CC1=C(CCOCC#CCSCC(=O)[O-])N=C(c2ccccc2)C1.[Na+]. The molecule has 2 rings (SSSR count). The number of benzene rings is 1. The Labute approximate surface area is 175 Å². The summed E-state index contributed by atoms with van der Waals surface area (Å²) in [5.41, 5.74) is 4.69. The van der Waals surface area contributed by atoms with Crippen molar-refractivity contribution in [2.45, 2.75) is 19.8 Å². The number of ether oxygens (including phenoxy) is 1. The third-order valence-electron chi connectivity index (χ3n) is 3.48. The van der Waals surface area contributed by atoms with Gasteiger partial charge in [0.2, 0.25) is 0 Å². The number of hydrogen-bond donors (Lipinski definition) is 0. The Morgan fingerprint density at radius 2 is 2.08 bits per heavy atom. The number of carbonyl (C=O) groups is 1. The quantitative estimate of drug-likeness (QED) is 0.339. The van der Waals surface area contributed by atoms with Crippen LogP contribution in [0.1, 0.15) is 25.3 Å². The first kappa shape index (κ1) is 22.0. The second-order valence-electron chi connectivity index (χ2n) is 5.35. The molecule has 0 aliphatic carbocycles. The van der Waals surface area contributed by atoms with E-state index in [1.807, 2.05) is 18.2 Å². The van der Waals surface area contributed by atoms with Crippen molar-refractivity contribution >= 4 is 23.4 Å². The molecule has 4 nitrogen and oxygen atoms in total. The van der Waals surface area contributed by atoms with Crippen molar-refractivity contribution in [1.82, 2.24) is 0 Å². The molecule has 1 heterocycles. The van der Waals surface area contributed by atoms with Crippen molar-refractivity contribution in [1.29, 1.82) is 0 Å². The first-order chi connectivity index (χ1) is 11.7. The molecular formula is C19H20NNaO3S. The standard InChI is InChI=1S/C19H21NO3S.Na/c1-15-13-18(16-7-3-2-4-8-16)20-17(15)9-11-23-10-5-6-12-24-14-19(21)22;/h2-4,7-8H,9-14H2,1H3,(H,21,22);/q;+1/p-1. The van der Waals surface area contributed by atoms with Crippen LogP contribution in [-0.2, 0) is 9.53 Å². The first-order valence-corrected chi connectivity index (χ1v) is 8.95. The molecule has 0 bridgehead atoms. The van der Waals surface area contributed by atoms with Crippen LogP contribution in [0.4, 0.5) is 0 Å². The third kappa shape index (κ3) is 8.26. The van der Waals surface area contributed by atoms with Gasteiger partial charge in [-0.25, -0.2) is 0 Å². The molecule has 1 aliphatic rings. The van der Waals surface area contributed by atoms with Crippen molar-refractivity contribution in [3.63, 3.8) is 0 Å². The number of aliphatic imine (C=N–C) groups is 1. The molecule has 0 amide bonds. The Balaban J connectivity index is 0.00000312. The fraction of sp³-hybridized carbons (Fsp3) is 0.368. The molecule has 0 saturated carbocycles. The van der Waals surface area contributed by atoms with Crippen LogP contribution in [0.3, 0.4) is 0 Å². The van der Waals surface area contributed by atoms with Gasteiger partial charge in [0, 0.05) is 24.3 Å². The van der Waals surface area contributed by atoms with Gasteiger partial charge >= 0.3 is 29.6 Å².